The van der Waals surface area contributed by atoms with E-state index in [1.807, 2.05) is 34.9 Å². The van der Waals surface area contributed by atoms with Gasteiger partial charge in [0.15, 0.2) is 0 Å². The second kappa shape index (κ2) is 18.0. The molecule has 1 fully saturated rings. The Morgan fingerprint density at radius 1 is 0.952 bits per heavy atom. The first-order valence-electron chi connectivity index (χ1n) is 14.8. The normalized spacial score (nSPS) is 19.4. The van der Waals surface area contributed by atoms with Crippen molar-refractivity contribution in [3.63, 3.8) is 0 Å². The van der Waals surface area contributed by atoms with Crippen molar-refractivity contribution in [3.05, 3.63) is 0 Å². The molecule has 0 saturated carbocycles. The van der Waals surface area contributed by atoms with Gasteiger partial charge in [-0.25, -0.2) is 0 Å². The van der Waals surface area contributed by atoms with E-state index in [0.717, 1.165) is 12.8 Å². The highest BCUT2D eigenvalue weighted by atomic mass is 16.5. The molecule has 1 heterocycles. The van der Waals surface area contributed by atoms with E-state index in [0.29, 0.717) is 19.4 Å². The molecule has 0 aliphatic carbocycles. The smallest absolute Gasteiger partial charge is 0.322 e. The number of nitrogens with zero attached hydrogens (tertiary/aromatic N) is 3. The van der Waals surface area contributed by atoms with Crippen molar-refractivity contribution in [1.82, 2.24) is 25.3 Å². The van der Waals surface area contributed by atoms with E-state index < -0.39 is 42.6 Å². The van der Waals surface area contributed by atoms with Crippen LogP contribution in [0.5, 0.6) is 0 Å². The quantitative estimate of drug-likeness (QED) is 0.205. The van der Waals surface area contributed by atoms with Gasteiger partial charge in [-0.1, -0.05) is 34.1 Å². The zero-order valence-electron chi connectivity index (χ0n) is 26.8. The summed E-state index contributed by atoms with van der Waals surface area (Å²) in [6.07, 6.45) is 1.49. The van der Waals surface area contributed by atoms with Crippen LogP contribution >= 0.6 is 0 Å². The summed E-state index contributed by atoms with van der Waals surface area (Å²) < 4.78 is 11.5. The molecule has 42 heavy (non-hydrogen) atoms. The topological polar surface area (TPSA) is 158 Å². The SMILES string of the molecule is CCC(C)C(C(CC(=O)N1CCCC1C(OC)C(C)C(=O)NCC(=O)O)OC)N(C)C(=O)CNC(=O)C(CC)N(C)C. The maximum absolute atomic E-state index is 13.7. The summed E-state index contributed by atoms with van der Waals surface area (Å²) in [6, 6.07) is -1.14. The van der Waals surface area contributed by atoms with Gasteiger partial charge in [0.1, 0.15) is 6.54 Å². The minimum atomic E-state index is -1.15. The lowest BCUT2D eigenvalue weighted by Crippen LogP contribution is -2.55. The van der Waals surface area contributed by atoms with Crippen LogP contribution in [0.1, 0.15) is 59.8 Å². The molecule has 0 radical (unpaired) electrons. The van der Waals surface area contributed by atoms with Crippen LogP contribution in [0.3, 0.4) is 0 Å². The lowest BCUT2D eigenvalue weighted by molar-refractivity contribution is -0.146. The number of methoxy groups -OCH3 is 2. The summed E-state index contributed by atoms with van der Waals surface area (Å²) in [5, 5.41) is 14.0. The molecule has 0 spiro atoms. The summed E-state index contributed by atoms with van der Waals surface area (Å²) in [6.45, 7) is 7.40. The number of carboxylic acids is 1. The number of aliphatic carboxylic acids is 1. The third-order valence-electron chi connectivity index (χ3n) is 8.44. The fourth-order valence-electron chi connectivity index (χ4n) is 5.84. The highest BCUT2D eigenvalue weighted by Crippen LogP contribution is 2.29. The Bertz CT molecular complexity index is 916. The van der Waals surface area contributed by atoms with Gasteiger partial charge in [-0.15, -0.1) is 0 Å². The molecule has 13 nitrogen and oxygen atoms in total. The highest BCUT2D eigenvalue weighted by molar-refractivity contribution is 5.87. The van der Waals surface area contributed by atoms with Crippen LogP contribution in [-0.4, -0.2) is 135 Å². The number of hydrogen-bond acceptors (Lipinski definition) is 8. The van der Waals surface area contributed by atoms with Gasteiger partial charge in [-0.05, 0) is 39.3 Å². The molecule has 0 aromatic rings. The fraction of sp³-hybridized carbons (Fsp3) is 0.828. The number of ether oxygens (including phenoxy) is 2. The van der Waals surface area contributed by atoms with E-state index in [1.165, 1.54) is 14.2 Å². The Labute approximate surface area is 250 Å². The Morgan fingerprint density at radius 3 is 2.07 bits per heavy atom. The van der Waals surface area contributed by atoms with E-state index in [-0.39, 0.29) is 48.7 Å². The molecule has 1 aliphatic rings. The number of likely N-dealkylation sites (N-methyl/N-ethyl adjacent to an activating group) is 2. The maximum Gasteiger partial charge on any atom is 0.322 e. The Kier molecular flexibility index (Phi) is 16.0. The molecule has 0 aromatic heterocycles. The van der Waals surface area contributed by atoms with Gasteiger partial charge in [-0.3, -0.25) is 28.9 Å². The minimum Gasteiger partial charge on any atom is -0.480 e. The molecule has 1 aliphatic heterocycles. The largest absolute Gasteiger partial charge is 0.480 e. The second-order valence-corrected chi connectivity index (χ2v) is 11.4. The second-order valence-electron chi connectivity index (χ2n) is 11.4. The van der Waals surface area contributed by atoms with Crippen molar-refractivity contribution in [1.29, 1.82) is 0 Å². The summed E-state index contributed by atoms with van der Waals surface area (Å²) in [5.74, 6) is -2.97. The number of likely N-dealkylation sites (tertiary alicyclic amines) is 1. The third-order valence-corrected chi connectivity index (χ3v) is 8.44. The number of carboxylic acid groups (broad SMARTS) is 1. The van der Waals surface area contributed by atoms with Crippen molar-refractivity contribution >= 4 is 29.6 Å². The van der Waals surface area contributed by atoms with E-state index in [9.17, 15) is 24.0 Å². The average Bonchev–Trinajstić information content (AvgIpc) is 3.43. The number of carbonyl (C=O) groups excluding carboxylic acids is 4. The number of nitrogens with one attached hydrogen (secondary N) is 2. The molecule has 7 atom stereocenters. The first kappa shape index (κ1) is 37.3. The predicted molar refractivity (Wildman–Crippen MR) is 158 cm³/mol. The first-order chi connectivity index (χ1) is 19.7. The van der Waals surface area contributed by atoms with Crippen LogP contribution in [0.4, 0.5) is 0 Å². The highest BCUT2D eigenvalue weighted by Gasteiger charge is 2.42. The summed E-state index contributed by atoms with van der Waals surface area (Å²) in [4.78, 5) is 68.1. The van der Waals surface area contributed by atoms with Crippen LogP contribution in [0.2, 0.25) is 0 Å². The molecule has 1 rings (SSSR count). The van der Waals surface area contributed by atoms with Gasteiger partial charge in [0.2, 0.25) is 23.6 Å². The lowest BCUT2D eigenvalue weighted by atomic mass is 9.90. The Balaban J connectivity index is 3.05. The molecular formula is C29H53N5O8. The van der Waals surface area contributed by atoms with Crippen molar-refractivity contribution < 1.29 is 38.6 Å². The third kappa shape index (κ3) is 10.2. The van der Waals surface area contributed by atoms with Crippen LogP contribution in [0.15, 0.2) is 0 Å². The molecule has 13 heteroatoms. The van der Waals surface area contributed by atoms with Crippen LogP contribution in [0.25, 0.3) is 0 Å². The standard InChI is InChI=1S/C29H53N5O8/c1-10-18(3)26(33(7)24(36)16-30-29(40)20(11-2)32(5)6)22(41-8)15-23(35)34-14-12-13-21(34)27(42-9)19(4)28(39)31-17-25(37)38/h18-22,26-27H,10-17H2,1-9H3,(H,30,40)(H,31,39)(H,37,38). The summed E-state index contributed by atoms with van der Waals surface area (Å²) in [5.41, 5.74) is 0. The lowest BCUT2D eigenvalue weighted by Gasteiger charge is -2.39. The van der Waals surface area contributed by atoms with E-state index in [2.05, 4.69) is 10.6 Å². The monoisotopic (exact) mass is 599 g/mol. The number of amides is 4. The van der Waals surface area contributed by atoms with Crippen LogP contribution in [0, 0.1) is 11.8 Å². The molecular weight excluding hydrogens is 546 g/mol. The van der Waals surface area contributed by atoms with Gasteiger partial charge < -0.3 is 35.0 Å². The molecule has 0 bridgehead atoms. The van der Waals surface area contributed by atoms with E-state index in [4.69, 9.17) is 14.6 Å². The number of carbonyl (C=O) groups is 5. The first-order valence-corrected chi connectivity index (χ1v) is 14.8. The van der Waals surface area contributed by atoms with Crippen LogP contribution in [-0.2, 0) is 33.4 Å². The molecule has 242 valence electrons. The average molecular weight is 600 g/mol. The van der Waals surface area contributed by atoms with Crippen molar-refractivity contribution in [3.8, 4) is 0 Å². The van der Waals surface area contributed by atoms with Crippen LogP contribution < -0.4 is 10.6 Å². The number of rotatable bonds is 18. The predicted octanol–water partition coefficient (Wildman–Crippen LogP) is 0.564. The number of hydrogen-bond donors (Lipinski definition) is 3. The van der Waals surface area contributed by atoms with Gasteiger partial charge in [0, 0.05) is 27.8 Å². The van der Waals surface area contributed by atoms with Gasteiger partial charge >= 0.3 is 5.97 Å². The van der Waals surface area contributed by atoms with E-state index in [1.54, 1.807) is 28.7 Å². The van der Waals surface area contributed by atoms with Gasteiger partial charge in [0.25, 0.3) is 0 Å². The minimum absolute atomic E-state index is 0.00313. The zero-order valence-corrected chi connectivity index (χ0v) is 26.8. The maximum atomic E-state index is 13.7. The molecule has 0 aromatic carbocycles. The van der Waals surface area contributed by atoms with Crippen molar-refractivity contribution in [2.45, 2.75) is 90.1 Å². The zero-order chi connectivity index (χ0) is 32.1. The van der Waals surface area contributed by atoms with Crippen molar-refractivity contribution in [2.75, 3.05) is 55.0 Å². The van der Waals surface area contributed by atoms with Crippen molar-refractivity contribution in [2.24, 2.45) is 11.8 Å². The fourth-order valence-corrected chi connectivity index (χ4v) is 5.84. The van der Waals surface area contributed by atoms with Gasteiger partial charge in [-0.2, -0.15) is 0 Å². The summed E-state index contributed by atoms with van der Waals surface area (Å²) in [7, 11) is 8.29. The molecule has 1 saturated heterocycles. The van der Waals surface area contributed by atoms with Gasteiger partial charge in [0.05, 0.1) is 49.2 Å². The van der Waals surface area contributed by atoms with E-state index >= 15 is 0 Å². The Morgan fingerprint density at radius 2 is 1.57 bits per heavy atom. The molecule has 7 unspecified atom stereocenters. The molecule has 3 N–H and O–H groups in total. The summed E-state index contributed by atoms with van der Waals surface area (Å²) >= 11 is 0. The molecule has 4 amide bonds. The Hall–Kier alpha value is -2.77.